The highest BCUT2D eigenvalue weighted by Crippen LogP contribution is 2.34. The van der Waals surface area contributed by atoms with Crippen molar-refractivity contribution in [3.05, 3.63) is 210 Å². The first-order chi connectivity index (χ1) is 30.4. The maximum atomic E-state index is 13.8. The number of aromatic hydroxyl groups is 1. The molecule has 0 saturated heterocycles. The number of phenolic OH excluding ortho intramolecular Hbond substituents is 1. The molecule has 0 aliphatic heterocycles. The lowest BCUT2D eigenvalue weighted by molar-refractivity contribution is -0.138. The van der Waals surface area contributed by atoms with Gasteiger partial charge in [0.25, 0.3) is 0 Å². The summed E-state index contributed by atoms with van der Waals surface area (Å²) in [5.41, 5.74) is -3.86. The predicted octanol–water partition coefficient (Wildman–Crippen LogP) is 11.3. The topological polar surface area (TPSA) is 54.4 Å². The lowest BCUT2D eigenvalue weighted by atomic mass is 9.13. The Hall–Kier alpha value is -6.62. The molecule has 0 saturated carbocycles. The molecule has 7 aromatic carbocycles. The van der Waals surface area contributed by atoms with E-state index < -0.39 is 63.0 Å². The van der Waals surface area contributed by atoms with Crippen LogP contribution in [0.25, 0.3) is 0 Å². The maximum Gasteiger partial charge on any atom is 0.416 e. The molecule has 17 heteroatoms. The Morgan fingerprint density at radius 2 is 0.662 bits per heavy atom. The van der Waals surface area contributed by atoms with Crippen LogP contribution < -0.4 is 21.9 Å². The van der Waals surface area contributed by atoms with E-state index in [-0.39, 0.29) is 39.1 Å². The molecule has 7 rings (SSSR count). The van der Waals surface area contributed by atoms with Crippen molar-refractivity contribution in [3.63, 3.8) is 0 Å². The SMILES string of the molecule is FC(F)(F)c1ccc([B-](c2ccc(C(F)(F)F)cc2)(c2ccc(C(F)(F)F)cc2)c2ccc(C(F)(F)F)cc2)cc1.O=C(C[S+](=O)(c1ccccc1)c1ccccc1)c1ccc(O)cc1. The molecule has 7 aromatic rings. The van der Waals surface area contributed by atoms with E-state index in [0.29, 0.717) is 63.9 Å². The summed E-state index contributed by atoms with van der Waals surface area (Å²) in [5, 5.41) is 9.36. The molecule has 65 heavy (non-hydrogen) atoms. The van der Waals surface area contributed by atoms with Crippen molar-refractivity contribution >= 4 is 43.7 Å². The number of benzene rings is 7. The summed E-state index contributed by atoms with van der Waals surface area (Å²) in [6, 6.07) is 37.7. The normalized spacial score (nSPS) is 12.6. The molecule has 0 aromatic heterocycles. The fourth-order valence-electron chi connectivity index (χ4n) is 7.50. The van der Waals surface area contributed by atoms with Crippen LogP contribution in [0.4, 0.5) is 52.7 Å². The molecule has 336 valence electrons. The summed E-state index contributed by atoms with van der Waals surface area (Å²) in [5.74, 6) is -0.225. The number of halogens is 12. The zero-order valence-corrected chi connectivity index (χ0v) is 34.1. The lowest BCUT2D eigenvalue weighted by Gasteiger charge is -2.44. The van der Waals surface area contributed by atoms with E-state index in [1.165, 1.54) is 12.1 Å². The van der Waals surface area contributed by atoms with Crippen LogP contribution in [-0.4, -0.2) is 22.8 Å². The molecule has 0 atom stereocenters. The summed E-state index contributed by atoms with van der Waals surface area (Å²) in [7, 11) is -2.72. The first kappa shape index (κ1) is 47.9. The third kappa shape index (κ3) is 10.7. The molecule has 0 amide bonds. The number of hydrogen-bond acceptors (Lipinski definition) is 3. The van der Waals surface area contributed by atoms with E-state index in [1.807, 2.05) is 36.4 Å². The van der Waals surface area contributed by atoms with Gasteiger partial charge in [0.05, 0.1) is 22.3 Å². The number of Topliss-reactive ketones (excluding diaryl/α,β-unsaturated/α-hetero) is 1. The second-order valence-corrected chi connectivity index (χ2v) is 17.3. The van der Waals surface area contributed by atoms with Crippen LogP contribution in [0.2, 0.25) is 0 Å². The zero-order chi connectivity index (χ0) is 47.4. The number of carbonyl (C=O) groups excluding carboxylic acids is 1. The summed E-state index contributed by atoms with van der Waals surface area (Å²) in [6.45, 7) is 0. The maximum absolute atomic E-state index is 13.8. The van der Waals surface area contributed by atoms with Crippen LogP contribution in [0.1, 0.15) is 32.6 Å². The molecule has 0 unspecified atom stereocenters. The van der Waals surface area contributed by atoms with Gasteiger partial charge in [-0.25, -0.2) is 0 Å². The van der Waals surface area contributed by atoms with Crippen molar-refractivity contribution in [2.24, 2.45) is 0 Å². The number of alkyl halides is 12. The number of carbonyl (C=O) groups is 1. The van der Waals surface area contributed by atoms with E-state index in [9.17, 15) is 66.8 Å². The van der Waals surface area contributed by atoms with Crippen LogP contribution >= 0.6 is 0 Å². The molecule has 0 fully saturated rings. The molecule has 0 spiro atoms. The molecule has 3 nitrogen and oxygen atoms in total. The van der Waals surface area contributed by atoms with Crippen molar-refractivity contribution in [1.29, 1.82) is 0 Å². The van der Waals surface area contributed by atoms with Gasteiger partial charge < -0.3 is 5.11 Å². The number of ketones is 1. The Bertz CT molecular complexity index is 2460. The largest absolute Gasteiger partial charge is 0.508 e. The van der Waals surface area contributed by atoms with Crippen molar-refractivity contribution < 1.29 is 66.8 Å². The van der Waals surface area contributed by atoms with Crippen LogP contribution in [0, 0.1) is 0 Å². The average Bonchev–Trinajstić information content (AvgIpc) is 3.27. The van der Waals surface area contributed by atoms with E-state index in [2.05, 4.69) is 0 Å². The molecule has 0 radical (unpaired) electrons. The number of hydrogen-bond donors (Lipinski definition) is 1. The van der Waals surface area contributed by atoms with Crippen LogP contribution in [-0.2, 0) is 38.8 Å². The van der Waals surface area contributed by atoms with Gasteiger partial charge in [-0.2, -0.15) is 74.5 Å². The van der Waals surface area contributed by atoms with Gasteiger partial charge in [0.15, 0.2) is 25.5 Å². The van der Waals surface area contributed by atoms with Crippen LogP contribution in [0.5, 0.6) is 5.75 Å². The van der Waals surface area contributed by atoms with Crippen molar-refractivity contribution in [2.45, 2.75) is 34.5 Å². The smallest absolute Gasteiger partial charge is 0.416 e. The predicted molar refractivity (Wildman–Crippen MR) is 225 cm³/mol. The minimum absolute atomic E-state index is 0.0114. The number of rotatable bonds is 9. The highest BCUT2D eigenvalue weighted by Gasteiger charge is 2.39. The third-order valence-electron chi connectivity index (χ3n) is 10.7. The lowest BCUT2D eigenvalue weighted by Crippen LogP contribution is -2.74. The molecule has 0 aliphatic carbocycles. The van der Waals surface area contributed by atoms with Gasteiger partial charge in [-0.05, 0) is 48.5 Å². The average molecular weight is 929 g/mol. The van der Waals surface area contributed by atoms with Gasteiger partial charge in [0.2, 0.25) is 5.78 Å². The second kappa shape index (κ2) is 18.5. The molecule has 0 aliphatic rings. The Kier molecular flexibility index (Phi) is 13.6. The van der Waals surface area contributed by atoms with Gasteiger partial charge in [-0.15, -0.1) is 0 Å². The molecule has 0 bridgehead atoms. The van der Waals surface area contributed by atoms with Crippen LogP contribution in [0.3, 0.4) is 0 Å². The minimum Gasteiger partial charge on any atom is -0.508 e. The first-order valence-electron chi connectivity index (χ1n) is 19.2. The van der Waals surface area contributed by atoms with Gasteiger partial charge in [0, 0.05) is 5.56 Å². The quantitative estimate of drug-likeness (QED) is 0.0679. The first-order valence-corrected chi connectivity index (χ1v) is 21.0. The summed E-state index contributed by atoms with van der Waals surface area (Å²) in [6.07, 6.45) is -22.0. The van der Waals surface area contributed by atoms with E-state index in [0.717, 1.165) is 48.5 Å². The van der Waals surface area contributed by atoms with Crippen molar-refractivity contribution in [1.82, 2.24) is 0 Å². The fraction of sp³-hybridized carbons (Fsp3) is 0.104. The standard InChI is InChI=1S/C28H16BF12.C20H16O3S/c30-25(31,32)17-1-9-21(10-2-17)29(22-11-3-18(4-12-22)26(33,34)35,23-13-5-19(6-14-23)27(36,37)38)24-15-7-20(8-16-24)28(39,40)41;21-17-13-11-16(12-14-17)20(22)15-24(23,18-7-3-1-4-8-18)19-9-5-2-6-10-19/h1-16H;1-14H,15H2/q-1;/p+1. The Morgan fingerprint density at radius 3 is 0.908 bits per heavy atom. The molecule has 0 heterocycles. The van der Waals surface area contributed by atoms with Gasteiger partial charge in [0.1, 0.15) is 11.9 Å². The fourth-order valence-corrected chi connectivity index (χ4v) is 9.83. The summed E-state index contributed by atoms with van der Waals surface area (Å²) in [4.78, 5) is 13.9. The zero-order valence-electron chi connectivity index (χ0n) is 33.3. The summed E-state index contributed by atoms with van der Waals surface area (Å²) >= 11 is 0. The summed E-state index contributed by atoms with van der Waals surface area (Å²) < 4.78 is 174. The van der Waals surface area contributed by atoms with E-state index in [4.69, 9.17) is 0 Å². The molecular formula is C48H33BF12O3S. The van der Waals surface area contributed by atoms with Crippen molar-refractivity contribution in [3.8, 4) is 5.75 Å². The molecular weight excluding hydrogens is 895 g/mol. The van der Waals surface area contributed by atoms with Gasteiger partial charge in [-0.1, -0.05) is 138 Å². The van der Waals surface area contributed by atoms with E-state index >= 15 is 0 Å². The third-order valence-corrected chi connectivity index (χ3v) is 13.5. The minimum atomic E-state index is -4.77. The highest BCUT2D eigenvalue weighted by molar-refractivity contribution is 8.03. The Balaban J connectivity index is 0.000000247. The van der Waals surface area contributed by atoms with E-state index in [1.54, 1.807) is 36.4 Å². The second-order valence-electron chi connectivity index (χ2n) is 14.8. The van der Waals surface area contributed by atoms with Crippen LogP contribution in [0.15, 0.2) is 192 Å². The number of phenols is 1. The molecule has 1 N–H and O–H groups in total. The highest BCUT2D eigenvalue weighted by atomic mass is 32.2. The Labute approximate surface area is 365 Å². The van der Waals surface area contributed by atoms with Crippen molar-refractivity contribution in [2.75, 3.05) is 5.75 Å². The van der Waals surface area contributed by atoms with Gasteiger partial charge >= 0.3 is 24.7 Å². The monoisotopic (exact) mass is 928 g/mol. The van der Waals surface area contributed by atoms with Gasteiger partial charge in [-0.3, -0.25) is 4.79 Å². The Morgan fingerprint density at radius 1 is 0.400 bits per heavy atom.